The summed E-state index contributed by atoms with van der Waals surface area (Å²) in [5, 5.41) is 5.51. The number of nitrogen functional groups attached to an aromatic ring is 1. The van der Waals surface area contributed by atoms with Crippen molar-refractivity contribution in [2.24, 2.45) is 5.14 Å². The molecule has 84 valence electrons. The summed E-state index contributed by atoms with van der Waals surface area (Å²) in [6.07, 6.45) is 1.58. The molecule has 1 aromatic carbocycles. The molecule has 0 fully saturated rings. The maximum atomic E-state index is 10.9. The molecule has 16 heavy (non-hydrogen) atoms. The molecule has 0 saturated carbocycles. The highest BCUT2D eigenvalue weighted by Gasteiger charge is 2.08. The molecule has 1 heterocycles. The largest absolute Gasteiger partial charge is 0.397 e. The zero-order valence-electron chi connectivity index (χ0n) is 8.21. The smallest absolute Gasteiger partial charge is 0.296 e. The lowest BCUT2D eigenvalue weighted by Crippen LogP contribution is -2.21. The van der Waals surface area contributed by atoms with Gasteiger partial charge in [-0.25, -0.2) is 5.14 Å². The summed E-state index contributed by atoms with van der Waals surface area (Å²) >= 11 is 0. The number of hydrogen-bond donors (Lipinski definition) is 3. The molecule has 0 amide bonds. The molecule has 2 rings (SSSR count). The van der Waals surface area contributed by atoms with E-state index in [-0.39, 0.29) is 0 Å². The van der Waals surface area contributed by atoms with Gasteiger partial charge in [-0.15, -0.1) is 0 Å². The Bertz CT molecular complexity index is 639. The third-order valence-corrected chi connectivity index (χ3v) is 2.56. The lowest BCUT2D eigenvalue weighted by atomic mass is 10.1. The highest BCUT2D eigenvalue weighted by molar-refractivity contribution is 7.90. The van der Waals surface area contributed by atoms with Crippen LogP contribution in [0.15, 0.2) is 30.5 Å². The third-order valence-electron chi connectivity index (χ3n) is 2.05. The van der Waals surface area contributed by atoms with Crippen LogP contribution in [0.5, 0.6) is 0 Å². The molecule has 2 aromatic rings. The molecule has 1 aromatic heterocycles. The molecule has 0 spiro atoms. The van der Waals surface area contributed by atoms with Crippen LogP contribution in [0.3, 0.4) is 0 Å². The van der Waals surface area contributed by atoms with Crippen LogP contribution in [0.1, 0.15) is 0 Å². The predicted octanol–water partition coefficient (Wildman–Crippen LogP) is 0.432. The minimum Gasteiger partial charge on any atom is -0.397 e. The second-order valence-electron chi connectivity index (χ2n) is 3.25. The molecule has 0 aliphatic heterocycles. The van der Waals surface area contributed by atoms with Crippen LogP contribution in [0, 0.1) is 0 Å². The van der Waals surface area contributed by atoms with E-state index in [9.17, 15) is 8.42 Å². The molecule has 0 aliphatic carbocycles. The summed E-state index contributed by atoms with van der Waals surface area (Å²) < 4.78 is 24.1. The van der Waals surface area contributed by atoms with Crippen LogP contribution in [0.2, 0.25) is 0 Å². The average Bonchev–Trinajstić information content (AvgIpc) is 2.21. The molecule has 5 N–H and O–H groups in total. The van der Waals surface area contributed by atoms with E-state index in [4.69, 9.17) is 10.9 Å². The summed E-state index contributed by atoms with van der Waals surface area (Å²) in [4.78, 5) is 4.07. The first-order chi connectivity index (χ1) is 7.47. The second kappa shape index (κ2) is 3.62. The molecule has 0 unspecified atom stereocenters. The first kappa shape index (κ1) is 10.7. The lowest BCUT2D eigenvalue weighted by Gasteiger charge is -2.08. The molecule has 6 nitrogen and oxygen atoms in total. The Labute approximate surface area is 92.5 Å². The molecule has 7 heteroatoms. The zero-order chi connectivity index (χ0) is 11.8. The summed E-state index contributed by atoms with van der Waals surface area (Å²) in [5.74, 6) is 0. The number of hydrogen-bond acceptors (Lipinski definition) is 4. The fourth-order valence-electron chi connectivity index (χ4n) is 1.44. The fourth-order valence-corrected chi connectivity index (χ4v) is 1.92. The van der Waals surface area contributed by atoms with Gasteiger partial charge in [-0.2, -0.15) is 8.42 Å². The van der Waals surface area contributed by atoms with Crippen LogP contribution in [-0.4, -0.2) is 13.4 Å². The van der Waals surface area contributed by atoms with Crippen molar-refractivity contribution in [3.05, 3.63) is 30.5 Å². The average molecular weight is 238 g/mol. The van der Waals surface area contributed by atoms with E-state index in [2.05, 4.69) is 9.71 Å². The van der Waals surface area contributed by atoms with E-state index in [1.165, 1.54) is 0 Å². The number of nitrogens with one attached hydrogen (secondary N) is 1. The number of aromatic nitrogens is 1. The van der Waals surface area contributed by atoms with Crippen LogP contribution in [0.25, 0.3) is 10.9 Å². The molecule has 0 bridgehead atoms. The molecular formula is C9H10N4O2S. The van der Waals surface area contributed by atoms with E-state index >= 15 is 0 Å². The van der Waals surface area contributed by atoms with Gasteiger partial charge in [0.05, 0.1) is 16.9 Å². The van der Waals surface area contributed by atoms with Crippen LogP contribution in [-0.2, 0) is 10.2 Å². The van der Waals surface area contributed by atoms with Crippen molar-refractivity contribution in [3.63, 3.8) is 0 Å². The number of nitrogens with zero attached hydrogens (tertiary/aromatic N) is 1. The number of anilines is 2. The first-order valence-electron chi connectivity index (χ1n) is 4.41. The van der Waals surface area contributed by atoms with Gasteiger partial charge in [-0.1, -0.05) is 0 Å². The Morgan fingerprint density at radius 3 is 2.69 bits per heavy atom. The van der Waals surface area contributed by atoms with Crippen LogP contribution < -0.4 is 15.6 Å². The van der Waals surface area contributed by atoms with Gasteiger partial charge < -0.3 is 5.73 Å². The predicted molar refractivity (Wildman–Crippen MR) is 62.9 cm³/mol. The van der Waals surface area contributed by atoms with Gasteiger partial charge in [-0.05, 0) is 24.3 Å². The van der Waals surface area contributed by atoms with Gasteiger partial charge in [0.1, 0.15) is 0 Å². The topological polar surface area (TPSA) is 111 Å². The molecular weight excluding hydrogens is 228 g/mol. The number of nitrogens with two attached hydrogens (primary N) is 2. The van der Waals surface area contributed by atoms with E-state index in [1.807, 2.05) is 0 Å². The van der Waals surface area contributed by atoms with Gasteiger partial charge in [0.25, 0.3) is 10.2 Å². The van der Waals surface area contributed by atoms with Crippen molar-refractivity contribution in [2.45, 2.75) is 0 Å². The van der Waals surface area contributed by atoms with Crippen molar-refractivity contribution < 1.29 is 8.42 Å². The van der Waals surface area contributed by atoms with Crippen molar-refractivity contribution in [1.82, 2.24) is 4.98 Å². The Kier molecular flexibility index (Phi) is 2.41. The molecule has 0 aliphatic rings. The SMILES string of the molecule is Nc1ccc(NS(N)(=O)=O)c2cccnc12. The fraction of sp³-hybridized carbons (Fsp3) is 0. The van der Waals surface area contributed by atoms with Crippen molar-refractivity contribution in [1.29, 1.82) is 0 Å². The maximum absolute atomic E-state index is 10.9. The van der Waals surface area contributed by atoms with Gasteiger partial charge in [0.2, 0.25) is 0 Å². The van der Waals surface area contributed by atoms with Crippen LogP contribution in [0.4, 0.5) is 11.4 Å². The minimum absolute atomic E-state index is 0.361. The van der Waals surface area contributed by atoms with Crippen molar-refractivity contribution in [3.8, 4) is 0 Å². The van der Waals surface area contributed by atoms with E-state index < -0.39 is 10.2 Å². The number of pyridine rings is 1. The Morgan fingerprint density at radius 1 is 1.25 bits per heavy atom. The summed E-state index contributed by atoms with van der Waals surface area (Å²) in [6.45, 7) is 0. The quantitative estimate of drug-likeness (QED) is 0.659. The van der Waals surface area contributed by atoms with Gasteiger partial charge in [0, 0.05) is 11.6 Å². The van der Waals surface area contributed by atoms with E-state index in [0.29, 0.717) is 22.3 Å². The van der Waals surface area contributed by atoms with Gasteiger partial charge in [-0.3, -0.25) is 9.71 Å². The van der Waals surface area contributed by atoms with Crippen molar-refractivity contribution in [2.75, 3.05) is 10.5 Å². The normalized spacial score (nSPS) is 11.6. The second-order valence-corrected chi connectivity index (χ2v) is 4.54. The standard InChI is InChI=1S/C9H10N4O2S/c10-7-3-4-8(13-16(11,14)15)6-2-1-5-12-9(6)7/h1-5,13H,10H2,(H2,11,14,15). The van der Waals surface area contributed by atoms with E-state index in [1.54, 1.807) is 30.5 Å². The highest BCUT2D eigenvalue weighted by Crippen LogP contribution is 2.26. The minimum atomic E-state index is -3.80. The van der Waals surface area contributed by atoms with Crippen molar-refractivity contribution >= 4 is 32.5 Å². The third kappa shape index (κ3) is 2.05. The zero-order valence-corrected chi connectivity index (χ0v) is 9.03. The monoisotopic (exact) mass is 238 g/mol. The summed E-state index contributed by atoms with van der Waals surface area (Å²) in [7, 11) is -3.80. The number of fused-ring (bicyclic) bond motifs is 1. The summed E-state index contributed by atoms with van der Waals surface area (Å²) in [6, 6.07) is 6.52. The Balaban J connectivity index is 2.68. The highest BCUT2D eigenvalue weighted by atomic mass is 32.2. The number of rotatable bonds is 2. The molecule has 0 saturated heterocycles. The lowest BCUT2D eigenvalue weighted by molar-refractivity contribution is 0.603. The Hall–Kier alpha value is -1.86. The van der Waals surface area contributed by atoms with Gasteiger partial charge in [0.15, 0.2) is 0 Å². The molecule has 0 atom stereocenters. The Morgan fingerprint density at radius 2 is 2.00 bits per heavy atom. The van der Waals surface area contributed by atoms with Gasteiger partial charge >= 0.3 is 0 Å². The molecule has 0 radical (unpaired) electrons. The number of benzene rings is 1. The van der Waals surface area contributed by atoms with Crippen LogP contribution >= 0.6 is 0 Å². The maximum Gasteiger partial charge on any atom is 0.296 e. The first-order valence-corrected chi connectivity index (χ1v) is 5.96. The summed E-state index contributed by atoms with van der Waals surface area (Å²) in [5.41, 5.74) is 7.10. The van der Waals surface area contributed by atoms with E-state index in [0.717, 1.165) is 0 Å².